The quantitative estimate of drug-likeness (QED) is 0.343. The second kappa shape index (κ2) is 10.2. The van der Waals surface area contributed by atoms with Crippen LogP contribution in [0.1, 0.15) is 57.9 Å². The number of benzene rings is 2. The summed E-state index contributed by atoms with van der Waals surface area (Å²) in [4.78, 5) is 16.7. The molecule has 2 aromatic rings. The molecule has 5 nitrogen and oxygen atoms in total. The Morgan fingerprint density at radius 2 is 1.64 bits per heavy atom. The van der Waals surface area contributed by atoms with Crippen molar-refractivity contribution in [2.75, 3.05) is 7.11 Å². The largest absolute Gasteiger partial charge is 0.497 e. The highest BCUT2D eigenvalue weighted by Crippen LogP contribution is 2.38. The highest BCUT2D eigenvalue weighted by Gasteiger charge is 2.29. The first kappa shape index (κ1) is 23.0. The molecule has 1 saturated carbocycles. The topological polar surface area (TPSA) is 67.9 Å². The van der Waals surface area contributed by atoms with Crippen LogP contribution in [-0.4, -0.2) is 24.1 Å². The highest BCUT2D eigenvalue weighted by atomic mass is 16.5. The van der Waals surface area contributed by atoms with Crippen LogP contribution >= 0.6 is 0 Å². The number of nitrogens with zero attached hydrogens (tertiary/aromatic N) is 2. The maximum Gasteiger partial charge on any atom is 0.159 e. The molecule has 2 N–H and O–H groups in total. The van der Waals surface area contributed by atoms with E-state index in [1.165, 1.54) is 25.7 Å². The lowest BCUT2D eigenvalue weighted by Gasteiger charge is -2.33. The van der Waals surface area contributed by atoms with Gasteiger partial charge in [0.1, 0.15) is 5.75 Å². The Balaban J connectivity index is 1.75. The van der Waals surface area contributed by atoms with E-state index in [1.54, 1.807) is 26.0 Å². The summed E-state index contributed by atoms with van der Waals surface area (Å²) >= 11 is 0. The van der Waals surface area contributed by atoms with Gasteiger partial charge in [-0.15, -0.1) is 0 Å². The van der Waals surface area contributed by atoms with E-state index >= 15 is 0 Å². The van der Waals surface area contributed by atoms with Crippen LogP contribution in [0.25, 0.3) is 16.7 Å². The number of rotatable bonds is 5. The SMILES string of the molecule is COc1cccc(-c2ccc(C3=C(C4CCCCCC4)N(N)/C(=C(\C)C(C)=O)N=C3)cc2)c1. The van der Waals surface area contributed by atoms with Crippen molar-refractivity contribution in [2.45, 2.75) is 52.4 Å². The summed E-state index contributed by atoms with van der Waals surface area (Å²) < 4.78 is 5.37. The van der Waals surface area contributed by atoms with Crippen molar-refractivity contribution < 1.29 is 9.53 Å². The maximum absolute atomic E-state index is 12.1. The number of allylic oxidation sites excluding steroid dienone is 3. The lowest BCUT2D eigenvalue weighted by Crippen LogP contribution is -2.36. The van der Waals surface area contributed by atoms with Crippen LogP contribution in [0.3, 0.4) is 0 Å². The minimum atomic E-state index is -0.0103. The summed E-state index contributed by atoms with van der Waals surface area (Å²) in [5.74, 6) is 8.40. The normalized spacial score (nSPS) is 18.8. The van der Waals surface area contributed by atoms with Crippen LogP contribution in [-0.2, 0) is 4.79 Å². The second-order valence-corrected chi connectivity index (χ2v) is 8.93. The smallest absolute Gasteiger partial charge is 0.159 e. The first-order chi connectivity index (χ1) is 16.0. The molecule has 1 aliphatic heterocycles. The lowest BCUT2D eigenvalue weighted by atomic mass is 9.89. The van der Waals surface area contributed by atoms with Crippen molar-refractivity contribution in [3.05, 3.63) is 71.2 Å². The van der Waals surface area contributed by atoms with Gasteiger partial charge in [-0.25, -0.2) is 10.8 Å². The molecule has 0 unspecified atom stereocenters. The Morgan fingerprint density at radius 3 is 2.27 bits per heavy atom. The van der Waals surface area contributed by atoms with Gasteiger partial charge in [-0.1, -0.05) is 62.1 Å². The van der Waals surface area contributed by atoms with E-state index in [1.807, 2.05) is 24.4 Å². The number of Topliss-reactive ketones (excluding diaryl/α,β-unsaturated/α-hetero) is 1. The third-order valence-electron chi connectivity index (χ3n) is 6.78. The molecule has 1 fully saturated rings. The highest BCUT2D eigenvalue weighted by molar-refractivity contribution is 6.12. The minimum absolute atomic E-state index is 0.0103. The van der Waals surface area contributed by atoms with Crippen LogP contribution < -0.4 is 10.6 Å². The van der Waals surface area contributed by atoms with Gasteiger partial charge in [-0.2, -0.15) is 0 Å². The molecule has 0 aromatic heterocycles. The number of hydrogen-bond acceptors (Lipinski definition) is 5. The van der Waals surface area contributed by atoms with Gasteiger partial charge in [0.25, 0.3) is 0 Å². The summed E-state index contributed by atoms with van der Waals surface area (Å²) in [6, 6.07) is 16.6. The average molecular weight is 444 g/mol. The summed E-state index contributed by atoms with van der Waals surface area (Å²) in [6.07, 6.45) is 9.04. The summed E-state index contributed by atoms with van der Waals surface area (Å²) in [7, 11) is 1.68. The third-order valence-corrected chi connectivity index (χ3v) is 6.78. The van der Waals surface area contributed by atoms with E-state index < -0.39 is 0 Å². The summed E-state index contributed by atoms with van der Waals surface area (Å²) in [5, 5.41) is 1.68. The van der Waals surface area contributed by atoms with Gasteiger partial charge in [0.2, 0.25) is 0 Å². The average Bonchev–Trinajstić information content (AvgIpc) is 3.13. The summed E-state index contributed by atoms with van der Waals surface area (Å²) in [6.45, 7) is 3.36. The second-order valence-electron chi connectivity index (χ2n) is 8.93. The predicted molar refractivity (Wildman–Crippen MR) is 134 cm³/mol. The molecular formula is C28H33N3O2. The Bertz CT molecular complexity index is 1100. The minimum Gasteiger partial charge on any atom is -0.497 e. The van der Waals surface area contributed by atoms with E-state index in [4.69, 9.17) is 10.6 Å². The molecule has 4 rings (SSSR count). The maximum atomic E-state index is 12.1. The molecule has 0 saturated heterocycles. The molecule has 0 bridgehead atoms. The Hall–Kier alpha value is -3.18. The van der Waals surface area contributed by atoms with E-state index in [0.29, 0.717) is 17.3 Å². The fourth-order valence-corrected chi connectivity index (χ4v) is 4.77. The van der Waals surface area contributed by atoms with Crippen molar-refractivity contribution in [1.29, 1.82) is 0 Å². The van der Waals surface area contributed by atoms with Crippen molar-refractivity contribution in [3.8, 4) is 16.9 Å². The van der Waals surface area contributed by atoms with Gasteiger partial charge in [-0.05, 0) is 55.5 Å². The van der Waals surface area contributed by atoms with E-state index in [9.17, 15) is 4.79 Å². The number of nitrogens with two attached hydrogens (primary N) is 1. The molecule has 33 heavy (non-hydrogen) atoms. The monoisotopic (exact) mass is 443 g/mol. The first-order valence-corrected chi connectivity index (χ1v) is 11.8. The van der Waals surface area contributed by atoms with Gasteiger partial charge in [0, 0.05) is 29.0 Å². The van der Waals surface area contributed by atoms with Gasteiger partial charge >= 0.3 is 0 Å². The Labute approximate surface area is 196 Å². The fourth-order valence-electron chi connectivity index (χ4n) is 4.77. The van der Waals surface area contributed by atoms with Gasteiger partial charge in [-0.3, -0.25) is 9.80 Å². The van der Waals surface area contributed by atoms with Crippen LogP contribution in [0.5, 0.6) is 5.75 Å². The number of hydrazine groups is 1. The molecular weight excluding hydrogens is 410 g/mol. The molecule has 2 aliphatic rings. The van der Waals surface area contributed by atoms with Crippen LogP contribution in [0.4, 0.5) is 0 Å². The number of ketones is 1. The predicted octanol–water partition coefficient (Wildman–Crippen LogP) is 6.12. The van der Waals surface area contributed by atoms with Gasteiger partial charge in [0.15, 0.2) is 11.6 Å². The van der Waals surface area contributed by atoms with E-state index in [-0.39, 0.29) is 5.78 Å². The number of aliphatic imine (C=N–C) groups is 1. The van der Waals surface area contributed by atoms with Crippen molar-refractivity contribution in [3.63, 3.8) is 0 Å². The third kappa shape index (κ3) is 4.93. The first-order valence-electron chi connectivity index (χ1n) is 11.8. The molecule has 2 aromatic carbocycles. The van der Waals surface area contributed by atoms with Crippen molar-refractivity contribution >= 4 is 17.6 Å². The van der Waals surface area contributed by atoms with Crippen LogP contribution in [0.15, 0.2) is 70.6 Å². The fraction of sp³-hybridized carbons (Fsp3) is 0.357. The zero-order chi connectivity index (χ0) is 23.4. The lowest BCUT2D eigenvalue weighted by molar-refractivity contribution is -0.113. The zero-order valence-corrected chi connectivity index (χ0v) is 19.8. The Morgan fingerprint density at radius 1 is 0.970 bits per heavy atom. The Kier molecular flexibility index (Phi) is 7.09. The molecule has 0 amide bonds. The molecule has 0 spiro atoms. The van der Waals surface area contributed by atoms with Gasteiger partial charge < -0.3 is 4.74 Å². The number of ether oxygens (including phenoxy) is 1. The zero-order valence-electron chi connectivity index (χ0n) is 19.8. The molecule has 5 heteroatoms. The summed E-state index contributed by atoms with van der Waals surface area (Å²) in [5.41, 5.74) is 6.03. The molecule has 0 radical (unpaired) electrons. The molecule has 1 heterocycles. The molecule has 1 aliphatic carbocycles. The number of carbonyl (C=O) groups excluding carboxylic acids is 1. The molecule has 0 atom stereocenters. The van der Waals surface area contributed by atoms with Crippen molar-refractivity contribution in [1.82, 2.24) is 5.01 Å². The number of hydrogen-bond donors (Lipinski definition) is 1. The van der Waals surface area contributed by atoms with Crippen molar-refractivity contribution in [2.24, 2.45) is 16.8 Å². The van der Waals surface area contributed by atoms with Crippen LogP contribution in [0, 0.1) is 5.92 Å². The standard InChI is InChI=1S/C28H33N3O2/c1-19(20(2)32)28-30-18-26(27(31(28)29)23-9-6-4-5-7-10-23)22-15-13-21(14-16-22)24-11-8-12-25(17-24)33-3/h8,11-18,23H,4-7,9-10,29H2,1-3H3/b28-19+. The van der Waals surface area contributed by atoms with E-state index in [2.05, 4.69) is 35.3 Å². The van der Waals surface area contributed by atoms with Gasteiger partial charge in [0.05, 0.1) is 7.11 Å². The number of carbonyl (C=O) groups is 1. The van der Waals surface area contributed by atoms with E-state index in [0.717, 1.165) is 46.6 Å². The molecule has 172 valence electrons. The van der Waals surface area contributed by atoms with Crippen LogP contribution in [0.2, 0.25) is 0 Å². The number of methoxy groups -OCH3 is 1.